The predicted molar refractivity (Wildman–Crippen MR) is 216 cm³/mol. The van der Waals surface area contributed by atoms with E-state index in [1.165, 1.54) is 18.2 Å². The van der Waals surface area contributed by atoms with Gasteiger partial charge in [0.25, 0.3) is 19.1 Å². The Bertz CT molecular complexity index is 2580. The lowest BCUT2D eigenvalue weighted by Crippen LogP contribution is -2.13. The normalized spacial score (nSPS) is 11.5. The first kappa shape index (κ1) is 40.7. The summed E-state index contributed by atoms with van der Waals surface area (Å²) in [6.45, 7) is 0. The molecule has 0 fully saturated rings. The lowest BCUT2D eigenvalue weighted by molar-refractivity contribution is 0.596. The van der Waals surface area contributed by atoms with Crippen LogP contribution in [0.25, 0.3) is 42.8 Å². The summed E-state index contributed by atoms with van der Waals surface area (Å²) in [4.78, 5) is 8.49. The molecular weight excluding hydrogens is 758 g/mol. The van der Waals surface area contributed by atoms with Crippen LogP contribution in [-0.2, 0) is 29.1 Å². The largest absolute Gasteiger partial charge is 0.377 e. The number of nitrogens with zero attached hydrogens (tertiary/aromatic N) is 6. The van der Waals surface area contributed by atoms with Crippen LogP contribution in [-0.4, -0.2) is 67.5 Å². The standard InChI is InChI=1S/C12H12ClNO2S.C12H12N4O2S.C12H14N2O2S/c1-14(2)11-7-3-6-10-9(11)5-4-8-12(10)17(13,15)16;1-16(2)11-7-3-6-10-9(11)5-4-8-12(10)19(17,18)15-14-13;1-14(2)11-7-3-6-10-9(11)5-4-8-12(10)17(13,15)16/h3-8H,1-2H3;3-8H,1-2H3;3-8H,1-2H3,(H2,13,15,16). The SMILES string of the molecule is CN(C)c1cccc2c(S(=O)(=O)Cl)cccc12.CN(C)c1cccc2c(S(=O)(=O)N=[N+]=[N-])cccc12.CN(C)c1cccc2c(S(N)(=O)=O)cccc12. The van der Waals surface area contributed by atoms with E-state index in [0.717, 1.165) is 33.2 Å². The van der Waals surface area contributed by atoms with Crippen molar-refractivity contribution in [2.75, 3.05) is 57.0 Å². The number of benzene rings is 6. The zero-order valence-corrected chi connectivity index (χ0v) is 32.9. The number of azide groups is 1. The maximum atomic E-state index is 11.9. The molecule has 0 radical (unpaired) electrons. The molecule has 0 spiro atoms. The van der Waals surface area contributed by atoms with Crippen molar-refractivity contribution in [3.63, 3.8) is 0 Å². The first-order chi connectivity index (χ1) is 24.8. The van der Waals surface area contributed by atoms with Crippen LogP contribution in [0.4, 0.5) is 17.1 Å². The number of hydrogen-bond donors (Lipinski definition) is 1. The molecule has 0 amide bonds. The Kier molecular flexibility index (Phi) is 12.5. The molecule has 0 unspecified atom stereocenters. The summed E-state index contributed by atoms with van der Waals surface area (Å²) < 4.78 is 72.6. The van der Waals surface area contributed by atoms with Gasteiger partial charge in [0.2, 0.25) is 10.0 Å². The minimum absolute atomic E-state index is 0.0199. The van der Waals surface area contributed by atoms with E-state index in [0.29, 0.717) is 16.2 Å². The highest BCUT2D eigenvalue weighted by atomic mass is 35.7. The van der Waals surface area contributed by atoms with E-state index in [-0.39, 0.29) is 14.7 Å². The molecule has 0 aromatic heterocycles. The predicted octanol–water partition coefficient (Wildman–Crippen LogP) is 7.29. The molecule has 0 saturated carbocycles. The van der Waals surface area contributed by atoms with E-state index >= 15 is 0 Å². The fourth-order valence-corrected chi connectivity index (χ4v) is 8.47. The van der Waals surface area contributed by atoms with Crippen LogP contribution < -0.4 is 19.8 Å². The highest BCUT2D eigenvalue weighted by molar-refractivity contribution is 8.14. The van der Waals surface area contributed by atoms with Crippen molar-refractivity contribution in [2.24, 2.45) is 9.66 Å². The quantitative estimate of drug-likeness (QED) is 0.0749. The van der Waals surface area contributed by atoms with Gasteiger partial charge in [-0.05, 0) is 41.9 Å². The molecular formula is C36H38ClN7O6S3. The van der Waals surface area contributed by atoms with Crippen LogP contribution in [0.15, 0.2) is 128 Å². The summed E-state index contributed by atoms with van der Waals surface area (Å²) in [7, 11) is 5.44. The fraction of sp³-hybridized carbons (Fsp3) is 0.167. The van der Waals surface area contributed by atoms with E-state index < -0.39 is 29.1 Å². The van der Waals surface area contributed by atoms with Crippen LogP contribution in [0.2, 0.25) is 0 Å². The number of sulfonamides is 2. The van der Waals surface area contributed by atoms with Crippen molar-refractivity contribution in [1.29, 1.82) is 0 Å². The number of hydrogen-bond acceptors (Lipinski definition) is 9. The van der Waals surface area contributed by atoms with Crippen molar-refractivity contribution in [2.45, 2.75) is 14.7 Å². The van der Waals surface area contributed by atoms with Gasteiger partial charge >= 0.3 is 0 Å². The highest BCUT2D eigenvalue weighted by Crippen LogP contribution is 2.33. The molecule has 0 bridgehead atoms. The maximum absolute atomic E-state index is 11.9. The molecule has 278 valence electrons. The van der Waals surface area contributed by atoms with Crippen molar-refractivity contribution in [1.82, 2.24) is 0 Å². The third kappa shape index (κ3) is 9.29. The second-order valence-electron chi connectivity index (χ2n) is 12.2. The Morgan fingerprint density at radius 1 is 0.509 bits per heavy atom. The van der Waals surface area contributed by atoms with Gasteiger partial charge in [0.05, 0.1) is 14.7 Å². The van der Waals surface area contributed by atoms with Crippen molar-refractivity contribution < 1.29 is 25.3 Å². The molecule has 0 aliphatic rings. The number of rotatable bonds is 7. The van der Waals surface area contributed by atoms with Crippen molar-refractivity contribution in [3.8, 4) is 0 Å². The third-order valence-corrected chi connectivity index (χ3v) is 11.6. The molecule has 0 aliphatic carbocycles. The zero-order valence-electron chi connectivity index (χ0n) is 29.7. The van der Waals surface area contributed by atoms with Crippen LogP contribution in [0.1, 0.15) is 0 Å². The fourth-order valence-electron chi connectivity index (χ4n) is 5.74. The number of fused-ring (bicyclic) bond motifs is 3. The van der Waals surface area contributed by atoms with Gasteiger partial charge in [-0.2, -0.15) is 0 Å². The number of halogens is 1. The van der Waals surface area contributed by atoms with Gasteiger partial charge in [-0.1, -0.05) is 72.8 Å². The molecule has 0 aliphatic heterocycles. The van der Waals surface area contributed by atoms with Crippen molar-refractivity contribution in [3.05, 3.63) is 120 Å². The van der Waals surface area contributed by atoms with E-state index in [1.54, 1.807) is 42.5 Å². The van der Waals surface area contributed by atoms with Gasteiger partial charge in [-0.3, -0.25) is 0 Å². The maximum Gasteiger partial charge on any atom is 0.264 e. The van der Waals surface area contributed by atoms with Gasteiger partial charge in [0.1, 0.15) is 0 Å². The molecule has 53 heavy (non-hydrogen) atoms. The zero-order chi connectivity index (χ0) is 39.3. The topological polar surface area (TPSA) is 187 Å². The first-order valence-electron chi connectivity index (χ1n) is 15.7. The van der Waals surface area contributed by atoms with Crippen molar-refractivity contribution >= 4 is 89.2 Å². The Morgan fingerprint density at radius 2 is 0.811 bits per heavy atom. The molecule has 6 aromatic carbocycles. The van der Waals surface area contributed by atoms with Crippen LogP contribution in [0.5, 0.6) is 0 Å². The summed E-state index contributed by atoms with van der Waals surface area (Å²) in [5, 5.41) is 9.60. The first-order valence-corrected chi connectivity index (χ1v) is 20.9. The Hall–Kier alpha value is -5.09. The summed E-state index contributed by atoms with van der Waals surface area (Å²) in [6.07, 6.45) is 0. The van der Waals surface area contributed by atoms with E-state index in [1.807, 2.05) is 106 Å². The third-order valence-electron chi connectivity index (χ3n) is 8.01. The molecule has 13 nitrogen and oxygen atoms in total. The van der Waals surface area contributed by atoms with E-state index in [4.69, 9.17) is 21.4 Å². The Morgan fingerprint density at radius 3 is 1.15 bits per heavy atom. The van der Waals surface area contributed by atoms with Gasteiger partial charge in [-0.25, -0.2) is 30.4 Å². The second kappa shape index (κ2) is 16.3. The lowest BCUT2D eigenvalue weighted by atomic mass is 10.1. The monoisotopic (exact) mass is 795 g/mol. The smallest absolute Gasteiger partial charge is 0.264 e. The minimum Gasteiger partial charge on any atom is -0.377 e. The second-order valence-corrected chi connectivity index (χ2v) is 17.8. The number of anilines is 3. The minimum atomic E-state index is -3.99. The molecule has 6 rings (SSSR count). The Balaban J connectivity index is 0.000000178. The summed E-state index contributed by atoms with van der Waals surface area (Å²) in [5.74, 6) is 0. The van der Waals surface area contributed by atoms with E-state index in [2.05, 4.69) is 9.43 Å². The summed E-state index contributed by atoms with van der Waals surface area (Å²) >= 11 is 0. The lowest BCUT2D eigenvalue weighted by Gasteiger charge is -2.16. The van der Waals surface area contributed by atoms with Crippen LogP contribution >= 0.6 is 10.7 Å². The molecule has 0 saturated heterocycles. The Labute approximate surface area is 313 Å². The van der Waals surface area contributed by atoms with Gasteiger partial charge in [0.15, 0.2) is 0 Å². The average Bonchev–Trinajstić information content (AvgIpc) is 3.09. The van der Waals surface area contributed by atoms with Gasteiger partial charge in [-0.15, -0.1) is 0 Å². The van der Waals surface area contributed by atoms with E-state index in [9.17, 15) is 25.3 Å². The average molecular weight is 796 g/mol. The van der Waals surface area contributed by atoms with Crippen LogP contribution in [0, 0.1) is 0 Å². The molecule has 17 heteroatoms. The summed E-state index contributed by atoms with van der Waals surface area (Å²) in [5.41, 5.74) is 11.2. The van der Waals surface area contributed by atoms with Crippen LogP contribution in [0.3, 0.4) is 0 Å². The molecule has 6 aromatic rings. The van der Waals surface area contributed by atoms with Gasteiger partial charge < -0.3 is 14.7 Å². The van der Waals surface area contributed by atoms with Gasteiger partial charge in [0, 0.05) is 112 Å². The molecule has 0 heterocycles. The highest BCUT2D eigenvalue weighted by Gasteiger charge is 2.18. The summed E-state index contributed by atoms with van der Waals surface area (Å²) in [6, 6.07) is 31.5. The number of primary sulfonamides is 1. The molecule has 2 N–H and O–H groups in total. The number of nitrogens with two attached hydrogens (primary N) is 1. The molecule has 0 atom stereocenters.